The average Bonchev–Trinajstić information content (AvgIpc) is 2.50. The van der Waals surface area contributed by atoms with Crippen molar-refractivity contribution in [1.29, 1.82) is 0 Å². The first-order valence-electron chi connectivity index (χ1n) is 6.49. The molecule has 0 fully saturated rings. The second kappa shape index (κ2) is 6.55. The van der Waals surface area contributed by atoms with E-state index in [4.69, 9.17) is 5.73 Å². The van der Waals surface area contributed by atoms with Gasteiger partial charge in [-0.2, -0.15) is 0 Å². The topological polar surface area (TPSA) is 97.1 Å². The number of sulfonamides is 1. The standard InChI is InChI=1S/C14H18N4O2S/c1-16-21(19,20)12-4-5-14(13(15)9-12)18-8-6-11-3-2-7-17-10-11/h2-5,7,9-10,16,18H,6,8,15H2,1H3. The summed E-state index contributed by atoms with van der Waals surface area (Å²) in [6, 6.07) is 8.53. The lowest BCUT2D eigenvalue weighted by Gasteiger charge is -2.11. The van der Waals surface area contributed by atoms with Gasteiger partial charge in [0.2, 0.25) is 10.0 Å². The number of anilines is 2. The summed E-state index contributed by atoms with van der Waals surface area (Å²) in [5.41, 5.74) is 8.13. The van der Waals surface area contributed by atoms with Crippen LogP contribution < -0.4 is 15.8 Å². The molecule has 0 atom stereocenters. The van der Waals surface area contributed by atoms with E-state index in [9.17, 15) is 8.42 Å². The van der Waals surface area contributed by atoms with Crippen molar-refractivity contribution in [2.45, 2.75) is 11.3 Å². The molecule has 0 unspecified atom stereocenters. The molecule has 1 heterocycles. The van der Waals surface area contributed by atoms with Gasteiger partial charge in [-0.3, -0.25) is 4.98 Å². The summed E-state index contributed by atoms with van der Waals surface area (Å²) in [4.78, 5) is 4.20. The second-order valence-electron chi connectivity index (χ2n) is 4.49. The smallest absolute Gasteiger partial charge is 0.240 e. The minimum Gasteiger partial charge on any atom is -0.397 e. The van der Waals surface area contributed by atoms with E-state index in [2.05, 4.69) is 15.0 Å². The Hall–Kier alpha value is -2.12. The molecule has 1 aromatic heterocycles. The van der Waals surface area contributed by atoms with Gasteiger partial charge < -0.3 is 11.1 Å². The van der Waals surface area contributed by atoms with E-state index in [1.807, 2.05) is 18.3 Å². The molecule has 0 bridgehead atoms. The molecule has 0 saturated carbocycles. The number of nitrogen functional groups attached to an aromatic ring is 1. The minimum absolute atomic E-state index is 0.153. The highest BCUT2D eigenvalue weighted by molar-refractivity contribution is 7.89. The number of hydrogen-bond acceptors (Lipinski definition) is 5. The van der Waals surface area contributed by atoms with Crippen LogP contribution in [0.5, 0.6) is 0 Å². The number of pyridine rings is 1. The van der Waals surface area contributed by atoms with Crippen molar-refractivity contribution in [2.75, 3.05) is 24.6 Å². The van der Waals surface area contributed by atoms with Gasteiger partial charge in [0, 0.05) is 18.9 Å². The van der Waals surface area contributed by atoms with Crippen LogP contribution in [0.15, 0.2) is 47.6 Å². The average molecular weight is 306 g/mol. The van der Waals surface area contributed by atoms with Crippen LogP contribution in [0.4, 0.5) is 11.4 Å². The number of hydrogen-bond donors (Lipinski definition) is 3. The molecular weight excluding hydrogens is 288 g/mol. The van der Waals surface area contributed by atoms with E-state index in [0.717, 1.165) is 12.0 Å². The molecule has 4 N–H and O–H groups in total. The van der Waals surface area contributed by atoms with Crippen LogP contribution in [0, 0.1) is 0 Å². The second-order valence-corrected chi connectivity index (χ2v) is 6.38. The normalized spacial score (nSPS) is 11.3. The lowest BCUT2D eigenvalue weighted by molar-refractivity contribution is 0.588. The van der Waals surface area contributed by atoms with Gasteiger partial charge in [-0.25, -0.2) is 13.1 Å². The van der Waals surface area contributed by atoms with Crippen LogP contribution in [0.3, 0.4) is 0 Å². The number of benzene rings is 1. The fourth-order valence-corrected chi connectivity index (χ4v) is 2.64. The summed E-state index contributed by atoms with van der Waals surface area (Å²) < 4.78 is 25.6. The predicted molar refractivity (Wildman–Crippen MR) is 83.5 cm³/mol. The molecule has 0 aliphatic rings. The molecule has 2 aromatic rings. The monoisotopic (exact) mass is 306 g/mol. The van der Waals surface area contributed by atoms with Crippen LogP contribution in [-0.2, 0) is 16.4 Å². The zero-order chi connectivity index (χ0) is 15.3. The molecular formula is C14H18N4O2S. The number of nitrogens with zero attached hydrogens (tertiary/aromatic N) is 1. The van der Waals surface area contributed by atoms with E-state index in [-0.39, 0.29) is 4.90 Å². The van der Waals surface area contributed by atoms with E-state index < -0.39 is 10.0 Å². The van der Waals surface area contributed by atoms with Gasteiger partial charge in [-0.05, 0) is 43.3 Å². The molecule has 1 aromatic carbocycles. The molecule has 6 nitrogen and oxygen atoms in total. The maximum absolute atomic E-state index is 11.7. The van der Waals surface area contributed by atoms with Crippen LogP contribution in [-0.4, -0.2) is 27.0 Å². The Morgan fingerprint density at radius 3 is 2.71 bits per heavy atom. The fourth-order valence-electron chi connectivity index (χ4n) is 1.87. The number of aromatic nitrogens is 1. The van der Waals surface area contributed by atoms with E-state index in [0.29, 0.717) is 17.9 Å². The van der Waals surface area contributed by atoms with Crippen LogP contribution >= 0.6 is 0 Å². The number of nitrogens with one attached hydrogen (secondary N) is 2. The molecule has 2 rings (SSSR count). The highest BCUT2D eigenvalue weighted by atomic mass is 32.2. The van der Waals surface area contributed by atoms with Gasteiger partial charge in [0.1, 0.15) is 0 Å². The van der Waals surface area contributed by atoms with Crippen molar-refractivity contribution in [2.24, 2.45) is 0 Å². The van der Waals surface area contributed by atoms with E-state index >= 15 is 0 Å². The first-order valence-corrected chi connectivity index (χ1v) is 7.97. The molecule has 7 heteroatoms. The summed E-state index contributed by atoms with van der Waals surface area (Å²) in [5, 5.41) is 3.19. The predicted octanol–water partition coefficient (Wildman–Crippen LogP) is 1.23. The summed E-state index contributed by atoms with van der Waals surface area (Å²) >= 11 is 0. The maximum atomic E-state index is 11.7. The summed E-state index contributed by atoms with van der Waals surface area (Å²) in [6.07, 6.45) is 4.35. The lowest BCUT2D eigenvalue weighted by Crippen LogP contribution is -2.19. The van der Waals surface area contributed by atoms with Crippen molar-refractivity contribution in [3.63, 3.8) is 0 Å². The third-order valence-electron chi connectivity index (χ3n) is 3.05. The zero-order valence-corrected chi connectivity index (χ0v) is 12.5. The van der Waals surface area contributed by atoms with Crippen LogP contribution in [0.1, 0.15) is 5.56 Å². The van der Waals surface area contributed by atoms with Crippen LogP contribution in [0.2, 0.25) is 0 Å². The van der Waals surface area contributed by atoms with Gasteiger partial charge in [-0.1, -0.05) is 6.07 Å². The Kier molecular flexibility index (Phi) is 4.77. The van der Waals surface area contributed by atoms with E-state index in [1.54, 1.807) is 12.3 Å². The Balaban J connectivity index is 2.02. The Bertz CT molecular complexity index is 702. The molecule has 21 heavy (non-hydrogen) atoms. The van der Waals surface area contributed by atoms with Crippen molar-refractivity contribution >= 4 is 21.4 Å². The summed E-state index contributed by atoms with van der Waals surface area (Å²) in [7, 11) is -2.10. The van der Waals surface area contributed by atoms with Crippen molar-refractivity contribution in [1.82, 2.24) is 9.71 Å². The van der Waals surface area contributed by atoms with Crippen molar-refractivity contribution in [3.05, 3.63) is 48.3 Å². The van der Waals surface area contributed by atoms with Crippen molar-refractivity contribution < 1.29 is 8.42 Å². The maximum Gasteiger partial charge on any atom is 0.240 e. The SMILES string of the molecule is CNS(=O)(=O)c1ccc(NCCc2cccnc2)c(N)c1. The van der Waals surface area contributed by atoms with Gasteiger partial charge in [-0.15, -0.1) is 0 Å². The van der Waals surface area contributed by atoms with Gasteiger partial charge in [0.25, 0.3) is 0 Å². The largest absolute Gasteiger partial charge is 0.397 e. The molecule has 0 amide bonds. The molecule has 0 aliphatic heterocycles. The highest BCUT2D eigenvalue weighted by Gasteiger charge is 2.12. The first-order chi connectivity index (χ1) is 10.0. The fraction of sp³-hybridized carbons (Fsp3) is 0.214. The van der Waals surface area contributed by atoms with Crippen molar-refractivity contribution in [3.8, 4) is 0 Å². The molecule has 0 saturated heterocycles. The summed E-state index contributed by atoms with van der Waals surface area (Å²) in [5.74, 6) is 0. The Morgan fingerprint density at radius 2 is 2.10 bits per heavy atom. The highest BCUT2D eigenvalue weighted by Crippen LogP contribution is 2.22. The quantitative estimate of drug-likeness (QED) is 0.697. The molecule has 112 valence electrons. The Morgan fingerprint density at radius 1 is 1.29 bits per heavy atom. The first kappa shape index (κ1) is 15.3. The molecule has 0 radical (unpaired) electrons. The third-order valence-corrected chi connectivity index (χ3v) is 4.47. The van der Waals surface area contributed by atoms with Crippen LogP contribution in [0.25, 0.3) is 0 Å². The number of nitrogens with two attached hydrogens (primary N) is 1. The molecule has 0 aliphatic carbocycles. The van der Waals surface area contributed by atoms with Gasteiger partial charge in [0.05, 0.1) is 16.3 Å². The number of rotatable bonds is 6. The molecule has 0 spiro atoms. The Labute approximate surface area is 124 Å². The van der Waals surface area contributed by atoms with Gasteiger partial charge in [0.15, 0.2) is 0 Å². The minimum atomic E-state index is -3.47. The lowest BCUT2D eigenvalue weighted by atomic mass is 10.2. The summed E-state index contributed by atoms with van der Waals surface area (Å²) in [6.45, 7) is 0.689. The van der Waals surface area contributed by atoms with Gasteiger partial charge >= 0.3 is 0 Å². The zero-order valence-electron chi connectivity index (χ0n) is 11.7. The van der Waals surface area contributed by atoms with E-state index in [1.165, 1.54) is 19.2 Å². The third kappa shape index (κ3) is 3.93.